The molecule has 0 aliphatic carbocycles. The van der Waals surface area contributed by atoms with Gasteiger partial charge in [0.2, 0.25) is 0 Å². The third kappa shape index (κ3) is 3.48. The maximum absolute atomic E-state index is 12.0. The first-order valence-electron chi connectivity index (χ1n) is 9.23. The Labute approximate surface area is 168 Å². The third-order valence-electron chi connectivity index (χ3n) is 5.00. The summed E-state index contributed by atoms with van der Waals surface area (Å²) in [6.45, 7) is 2.56. The molecule has 0 amide bonds. The summed E-state index contributed by atoms with van der Waals surface area (Å²) in [5, 5.41) is 9.31. The summed E-state index contributed by atoms with van der Waals surface area (Å²) < 4.78 is 6.88. The van der Waals surface area contributed by atoms with Crippen LogP contribution in [0.1, 0.15) is 27.0 Å². The number of benzene rings is 3. The van der Waals surface area contributed by atoms with E-state index in [0.29, 0.717) is 17.7 Å². The zero-order valence-electron chi connectivity index (χ0n) is 16.2. The fourth-order valence-electron chi connectivity index (χ4n) is 3.52. The molecule has 0 unspecified atom stereocenters. The minimum Gasteiger partial charge on any atom is -0.465 e. The molecule has 0 fully saturated rings. The van der Waals surface area contributed by atoms with E-state index in [4.69, 9.17) is 4.74 Å². The second-order valence-corrected chi connectivity index (χ2v) is 6.88. The number of carbonyl (C=O) groups excluding carboxylic acids is 1. The van der Waals surface area contributed by atoms with Crippen molar-refractivity contribution in [3.8, 4) is 17.2 Å². The molecule has 29 heavy (non-hydrogen) atoms. The zero-order chi connectivity index (χ0) is 20.4. The largest absolute Gasteiger partial charge is 0.465 e. The number of aryl methyl sites for hydroxylation is 1. The Hall–Kier alpha value is -3.91. The fraction of sp³-hybridized carbons (Fsp3) is 0.125. The molecule has 0 spiro atoms. The highest BCUT2D eigenvalue weighted by atomic mass is 16.5. The first-order valence-corrected chi connectivity index (χ1v) is 9.23. The van der Waals surface area contributed by atoms with E-state index >= 15 is 0 Å². The summed E-state index contributed by atoms with van der Waals surface area (Å²) in [6.07, 6.45) is 1.79. The zero-order valence-corrected chi connectivity index (χ0v) is 16.2. The molecule has 1 heterocycles. The predicted molar refractivity (Wildman–Crippen MR) is 112 cm³/mol. The van der Waals surface area contributed by atoms with Crippen molar-refractivity contribution in [3.63, 3.8) is 0 Å². The van der Waals surface area contributed by atoms with Gasteiger partial charge in [-0.25, -0.2) is 9.78 Å². The van der Waals surface area contributed by atoms with Gasteiger partial charge in [0.1, 0.15) is 0 Å². The first-order chi connectivity index (χ1) is 14.1. The Kier molecular flexibility index (Phi) is 4.84. The van der Waals surface area contributed by atoms with E-state index < -0.39 is 0 Å². The average Bonchev–Trinajstić information content (AvgIpc) is 3.17. The van der Waals surface area contributed by atoms with Crippen LogP contribution >= 0.6 is 0 Å². The Balaban J connectivity index is 1.66. The highest BCUT2D eigenvalue weighted by Gasteiger charge is 2.13. The number of esters is 1. The molecule has 0 aliphatic rings. The molecule has 0 bridgehead atoms. The van der Waals surface area contributed by atoms with Crippen LogP contribution in [0.5, 0.6) is 0 Å². The monoisotopic (exact) mass is 381 g/mol. The molecular formula is C24H19N3O2. The third-order valence-corrected chi connectivity index (χ3v) is 5.00. The minimum absolute atomic E-state index is 0.358. The highest BCUT2D eigenvalue weighted by Crippen LogP contribution is 2.25. The van der Waals surface area contributed by atoms with Gasteiger partial charge in [-0.05, 0) is 47.4 Å². The summed E-state index contributed by atoms with van der Waals surface area (Å²) in [5.41, 5.74) is 6.91. The lowest BCUT2D eigenvalue weighted by Crippen LogP contribution is -2.03. The van der Waals surface area contributed by atoms with Crippen molar-refractivity contribution >= 4 is 17.0 Å². The van der Waals surface area contributed by atoms with E-state index in [2.05, 4.69) is 11.1 Å². The lowest BCUT2D eigenvalue weighted by atomic mass is 9.99. The Bertz CT molecular complexity index is 1250. The number of methoxy groups -OCH3 is 1. The van der Waals surface area contributed by atoms with Crippen molar-refractivity contribution in [2.45, 2.75) is 13.5 Å². The molecule has 0 saturated carbocycles. The maximum Gasteiger partial charge on any atom is 0.337 e. The van der Waals surface area contributed by atoms with E-state index in [9.17, 15) is 10.1 Å². The van der Waals surface area contributed by atoms with Crippen molar-refractivity contribution in [2.24, 2.45) is 0 Å². The topological polar surface area (TPSA) is 67.9 Å². The number of nitrogens with zero attached hydrogens (tertiary/aromatic N) is 3. The molecule has 3 aromatic carbocycles. The Morgan fingerprint density at radius 2 is 1.90 bits per heavy atom. The Morgan fingerprint density at radius 3 is 2.62 bits per heavy atom. The van der Waals surface area contributed by atoms with Crippen LogP contribution in [-0.4, -0.2) is 22.6 Å². The van der Waals surface area contributed by atoms with Gasteiger partial charge in [0.15, 0.2) is 0 Å². The smallest absolute Gasteiger partial charge is 0.337 e. The summed E-state index contributed by atoms with van der Waals surface area (Å²) >= 11 is 0. The quantitative estimate of drug-likeness (QED) is 0.480. The van der Waals surface area contributed by atoms with Crippen LogP contribution < -0.4 is 0 Å². The van der Waals surface area contributed by atoms with Gasteiger partial charge in [0.05, 0.1) is 41.7 Å². The van der Waals surface area contributed by atoms with E-state index in [0.717, 1.165) is 33.3 Å². The van der Waals surface area contributed by atoms with Crippen molar-refractivity contribution in [2.75, 3.05) is 7.11 Å². The highest BCUT2D eigenvalue weighted by molar-refractivity contribution is 5.94. The van der Waals surface area contributed by atoms with E-state index in [1.807, 2.05) is 66.1 Å². The molecule has 4 rings (SSSR count). The van der Waals surface area contributed by atoms with Crippen LogP contribution in [0.15, 0.2) is 67.0 Å². The SMILES string of the molecule is COC(=O)c1cc(C)c2ncn(Cc3ccc(-c4ccccc4C#N)cc3)c2c1. The average molecular weight is 381 g/mol. The van der Waals surface area contributed by atoms with Gasteiger partial charge in [-0.1, -0.05) is 42.5 Å². The fourth-order valence-corrected chi connectivity index (χ4v) is 3.52. The van der Waals surface area contributed by atoms with E-state index in [1.165, 1.54) is 7.11 Å². The van der Waals surface area contributed by atoms with Gasteiger partial charge in [0.25, 0.3) is 0 Å². The molecule has 0 atom stereocenters. The molecule has 1 aromatic heterocycles. The predicted octanol–water partition coefficient (Wildman–Crippen LogP) is 4.72. The number of rotatable bonds is 4. The van der Waals surface area contributed by atoms with Crippen LogP contribution in [0.25, 0.3) is 22.2 Å². The number of ether oxygens (including phenoxy) is 1. The molecule has 142 valence electrons. The van der Waals surface area contributed by atoms with Crippen molar-refractivity contribution in [1.82, 2.24) is 9.55 Å². The molecule has 5 nitrogen and oxygen atoms in total. The van der Waals surface area contributed by atoms with Gasteiger partial charge in [-0.3, -0.25) is 0 Å². The van der Waals surface area contributed by atoms with Gasteiger partial charge >= 0.3 is 5.97 Å². The van der Waals surface area contributed by atoms with Gasteiger partial charge < -0.3 is 9.30 Å². The van der Waals surface area contributed by atoms with Crippen molar-refractivity contribution in [1.29, 1.82) is 5.26 Å². The van der Waals surface area contributed by atoms with E-state index in [-0.39, 0.29) is 5.97 Å². The van der Waals surface area contributed by atoms with Gasteiger partial charge in [0, 0.05) is 6.54 Å². The second kappa shape index (κ2) is 7.61. The molecule has 0 saturated heterocycles. The lowest BCUT2D eigenvalue weighted by Gasteiger charge is -2.09. The summed E-state index contributed by atoms with van der Waals surface area (Å²) in [7, 11) is 1.38. The van der Waals surface area contributed by atoms with Gasteiger partial charge in [-0.2, -0.15) is 5.26 Å². The molecule has 4 aromatic rings. The number of aromatic nitrogens is 2. The van der Waals surface area contributed by atoms with Crippen LogP contribution in [0.2, 0.25) is 0 Å². The molecule has 0 radical (unpaired) electrons. The van der Waals surface area contributed by atoms with Crippen LogP contribution in [-0.2, 0) is 11.3 Å². The molecule has 0 N–H and O–H groups in total. The summed E-state index contributed by atoms with van der Waals surface area (Å²) in [5.74, 6) is -0.358. The summed E-state index contributed by atoms with van der Waals surface area (Å²) in [6, 6.07) is 21.6. The molecule has 0 aliphatic heterocycles. The van der Waals surface area contributed by atoms with Crippen molar-refractivity contribution < 1.29 is 9.53 Å². The second-order valence-electron chi connectivity index (χ2n) is 6.88. The Morgan fingerprint density at radius 1 is 1.14 bits per heavy atom. The standard InChI is InChI=1S/C24H19N3O2/c1-16-11-20(24(28)29-2)12-22-23(16)26-15-27(22)14-17-7-9-18(10-8-17)21-6-4-3-5-19(21)13-25/h3-12,15H,14H2,1-2H3. The number of nitriles is 1. The number of imidazole rings is 1. The lowest BCUT2D eigenvalue weighted by molar-refractivity contribution is 0.0601. The van der Waals surface area contributed by atoms with Crippen LogP contribution in [0.3, 0.4) is 0 Å². The maximum atomic E-state index is 12.0. The number of hydrogen-bond acceptors (Lipinski definition) is 4. The first kappa shape index (κ1) is 18.5. The van der Waals surface area contributed by atoms with Crippen LogP contribution in [0.4, 0.5) is 0 Å². The molecular weight excluding hydrogens is 362 g/mol. The van der Waals surface area contributed by atoms with Crippen molar-refractivity contribution in [3.05, 3.63) is 89.2 Å². The normalized spacial score (nSPS) is 10.7. The number of carbonyl (C=O) groups is 1. The molecule has 5 heteroatoms. The number of hydrogen-bond donors (Lipinski definition) is 0. The van der Waals surface area contributed by atoms with E-state index in [1.54, 1.807) is 12.4 Å². The number of fused-ring (bicyclic) bond motifs is 1. The van der Waals surface area contributed by atoms with Crippen LogP contribution in [0, 0.1) is 18.3 Å². The van der Waals surface area contributed by atoms with Gasteiger partial charge in [-0.15, -0.1) is 0 Å². The minimum atomic E-state index is -0.358. The summed E-state index contributed by atoms with van der Waals surface area (Å²) in [4.78, 5) is 16.5.